The third-order valence-corrected chi connectivity index (χ3v) is 3.30. The van der Waals surface area contributed by atoms with Gasteiger partial charge in [0.05, 0.1) is 6.26 Å². The highest BCUT2D eigenvalue weighted by molar-refractivity contribution is 6.45. The summed E-state index contributed by atoms with van der Waals surface area (Å²) in [7, 11) is 6.73. The zero-order valence-electron chi connectivity index (χ0n) is 7.16. The molecular formula is C6H16N2OSi. The molecule has 0 saturated carbocycles. The molecule has 4 heteroatoms. The van der Waals surface area contributed by atoms with E-state index in [1.165, 1.54) is 6.26 Å². The fourth-order valence-corrected chi connectivity index (χ4v) is 2.37. The quantitative estimate of drug-likeness (QED) is 0.425. The Kier molecular flexibility index (Phi) is 4.34. The summed E-state index contributed by atoms with van der Waals surface area (Å²) in [5.41, 5.74) is 0. The number of nitrogens with zero attached hydrogens (tertiary/aromatic N) is 2. The van der Waals surface area contributed by atoms with Crippen LogP contribution in [0.1, 0.15) is 0 Å². The highest BCUT2D eigenvalue weighted by Gasteiger charge is 2.17. The number of rotatable bonds is 4. The minimum absolute atomic E-state index is 1.33. The first-order valence-corrected chi connectivity index (χ1v) is 4.69. The van der Waals surface area contributed by atoms with Gasteiger partial charge >= 0.3 is 9.36 Å². The zero-order chi connectivity index (χ0) is 8.15. The van der Waals surface area contributed by atoms with Gasteiger partial charge in [-0.1, -0.05) is 6.58 Å². The fraction of sp³-hybridized carbons (Fsp3) is 0.667. The first kappa shape index (κ1) is 9.68. The van der Waals surface area contributed by atoms with Crippen molar-refractivity contribution in [3.63, 3.8) is 0 Å². The molecule has 0 aliphatic heterocycles. The lowest BCUT2D eigenvalue weighted by Gasteiger charge is -2.26. The van der Waals surface area contributed by atoms with Gasteiger partial charge in [-0.05, 0) is 28.2 Å². The first-order chi connectivity index (χ1) is 4.59. The summed E-state index contributed by atoms with van der Waals surface area (Å²) in [6.45, 7) is 3.52. The van der Waals surface area contributed by atoms with Crippen LogP contribution in [-0.4, -0.2) is 46.7 Å². The molecule has 60 valence electrons. The standard InChI is InChI=1S/C6H16N2OSi/c1-6-9-10(7(2)3)8(4)5/h6,10H,1H2,2-5H3. The van der Waals surface area contributed by atoms with Crippen LogP contribution in [0.25, 0.3) is 0 Å². The predicted octanol–water partition coefficient (Wildman–Crippen LogP) is -0.0131. The summed E-state index contributed by atoms with van der Waals surface area (Å²) >= 11 is 0. The Labute approximate surface area is 64.8 Å². The SMILES string of the molecule is C=CO[SiH](N(C)C)N(C)C. The van der Waals surface area contributed by atoms with E-state index in [0.717, 1.165) is 0 Å². The average Bonchev–Trinajstić information content (AvgIpc) is 1.81. The maximum Gasteiger partial charge on any atom is 0.400 e. The van der Waals surface area contributed by atoms with Crippen LogP contribution in [0.5, 0.6) is 0 Å². The molecule has 0 aromatic heterocycles. The van der Waals surface area contributed by atoms with Gasteiger partial charge in [0.15, 0.2) is 0 Å². The van der Waals surface area contributed by atoms with Crippen LogP contribution in [0.2, 0.25) is 0 Å². The van der Waals surface area contributed by atoms with Gasteiger partial charge in [0, 0.05) is 0 Å². The van der Waals surface area contributed by atoms with Crippen molar-refractivity contribution in [2.45, 2.75) is 0 Å². The third-order valence-electron chi connectivity index (χ3n) is 1.10. The molecule has 0 bridgehead atoms. The molecule has 0 aliphatic rings. The van der Waals surface area contributed by atoms with E-state index in [1.54, 1.807) is 0 Å². The van der Waals surface area contributed by atoms with E-state index < -0.39 is 9.36 Å². The molecule has 0 rings (SSSR count). The minimum Gasteiger partial charge on any atom is -0.527 e. The normalized spacial score (nSPS) is 11.1. The van der Waals surface area contributed by atoms with Gasteiger partial charge in [0.2, 0.25) is 0 Å². The van der Waals surface area contributed by atoms with Gasteiger partial charge in [0.25, 0.3) is 0 Å². The topological polar surface area (TPSA) is 15.7 Å². The molecule has 0 aromatic carbocycles. The smallest absolute Gasteiger partial charge is 0.400 e. The van der Waals surface area contributed by atoms with Crippen molar-refractivity contribution < 1.29 is 4.43 Å². The summed E-state index contributed by atoms with van der Waals surface area (Å²) in [5, 5.41) is 0. The predicted molar refractivity (Wildman–Crippen MR) is 45.8 cm³/mol. The molecule has 0 unspecified atom stereocenters. The second-order valence-corrected chi connectivity index (χ2v) is 5.55. The largest absolute Gasteiger partial charge is 0.527 e. The molecule has 0 radical (unpaired) electrons. The Balaban J connectivity index is 3.84. The van der Waals surface area contributed by atoms with Gasteiger partial charge in [-0.15, -0.1) is 0 Å². The fourth-order valence-electron chi connectivity index (χ4n) is 0.791. The molecule has 0 N–H and O–H groups in total. The van der Waals surface area contributed by atoms with Gasteiger partial charge in [-0.2, -0.15) is 0 Å². The molecule has 3 nitrogen and oxygen atoms in total. The number of hydrogen-bond acceptors (Lipinski definition) is 3. The van der Waals surface area contributed by atoms with Crippen molar-refractivity contribution >= 4 is 9.36 Å². The van der Waals surface area contributed by atoms with Crippen molar-refractivity contribution in [1.82, 2.24) is 9.13 Å². The first-order valence-electron chi connectivity index (χ1n) is 3.18. The second-order valence-electron chi connectivity index (χ2n) is 2.56. The summed E-state index contributed by atoms with van der Waals surface area (Å²) in [5.74, 6) is 0. The lowest BCUT2D eigenvalue weighted by molar-refractivity contribution is 0.342. The van der Waals surface area contributed by atoms with Crippen LogP contribution in [-0.2, 0) is 4.43 Å². The lowest BCUT2D eigenvalue weighted by atomic mass is 11.2. The molecule has 0 saturated heterocycles. The maximum atomic E-state index is 5.32. The van der Waals surface area contributed by atoms with E-state index >= 15 is 0 Å². The van der Waals surface area contributed by atoms with Crippen LogP contribution >= 0.6 is 0 Å². The molecule has 0 atom stereocenters. The Bertz CT molecular complexity index is 97.9. The lowest BCUT2D eigenvalue weighted by Crippen LogP contribution is -2.47. The monoisotopic (exact) mass is 160 g/mol. The zero-order valence-corrected chi connectivity index (χ0v) is 8.32. The molecule has 10 heavy (non-hydrogen) atoms. The summed E-state index contributed by atoms with van der Waals surface area (Å²) < 4.78 is 9.52. The van der Waals surface area contributed by atoms with Crippen LogP contribution in [0, 0.1) is 0 Å². The molecule has 0 amide bonds. The molecule has 0 aromatic rings. The van der Waals surface area contributed by atoms with E-state index in [0.29, 0.717) is 0 Å². The molecule has 0 fully saturated rings. The Morgan fingerprint density at radius 1 is 1.20 bits per heavy atom. The van der Waals surface area contributed by atoms with Crippen LogP contribution in [0.15, 0.2) is 12.8 Å². The van der Waals surface area contributed by atoms with Gasteiger partial charge in [-0.25, -0.2) is 0 Å². The molecule has 0 spiro atoms. The van der Waals surface area contributed by atoms with E-state index in [1.807, 2.05) is 28.2 Å². The Morgan fingerprint density at radius 2 is 1.60 bits per heavy atom. The summed E-state index contributed by atoms with van der Waals surface area (Å²) in [6.07, 6.45) is 1.51. The van der Waals surface area contributed by atoms with Crippen molar-refractivity contribution in [1.29, 1.82) is 0 Å². The molecule has 0 aliphatic carbocycles. The van der Waals surface area contributed by atoms with E-state index in [4.69, 9.17) is 4.43 Å². The van der Waals surface area contributed by atoms with Gasteiger partial charge in [0.1, 0.15) is 0 Å². The van der Waals surface area contributed by atoms with Crippen molar-refractivity contribution in [3.05, 3.63) is 12.8 Å². The minimum atomic E-state index is -1.33. The molecular weight excluding hydrogens is 144 g/mol. The summed E-state index contributed by atoms with van der Waals surface area (Å²) in [6, 6.07) is 0. The maximum absolute atomic E-state index is 5.32. The van der Waals surface area contributed by atoms with Crippen LogP contribution in [0.4, 0.5) is 0 Å². The van der Waals surface area contributed by atoms with E-state index in [9.17, 15) is 0 Å². The second kappa shape index (κ2) is 4.49. The highest BCUT2D eigenvalue weighted by atomic mass is 28.3. The highest BCUT2D eigenvalue weighted by Crippen LogP contribution is 1.93. The molecule has 0 heterocycles. The van der Waals surface area contributed by atoms with Gasteiger partial charge in [-0.3, -0.25) is 9.13 Å². The third kappa shape index (κ3) is 3.00. The number of hydrogen-bond donors (Lipinski definition) is 0. The average molecular weight is 160 g/mol. The van der Waals surface area contributed by atoms with Crippen LogP contribution in [0.3, 0.4) is 0 Å². The van der Waals surface area contributed by atoms with E-state index in [2.05, 4.69) is 15.7 Å². The van der Waals surface area contributed by atoms with Crippen molar-refractivity contribution in [2.24, 2.45) is 0 Å². The van der Waals surface area contributed by atoms with E-state index in [-0.39, 0.29) is 0 Å². The van der Waals surface area contributed by atoms with Gasteiger partial charge < -0.3 is 4.43 Å². The Morgan fingerprint density at radius 3 is 1.70 bits per heavy atom. The van der Waals surface area contributed by atoms with Crippen molar-refractivity contribution in [2.75, 3.05) is 28.2 Å². The summed E-state index contributed by atoms with van der Waals surface area (Å²) in [4.78, 5) is 0. The Hall–Kier alpha value is -0.323. The van der Waals surface area contributed by atoms with Crippen molar-refractivity contribution in [3.8, 4) is 0 Å². The van der Waals surface area contributed by atoms with Crippen LogP contribution < -0.4 is 0 Å².